The highest BCUT2D eigenvalue weighted by molar-refractivity contribution is 7.89. The monoisotopic (exact) mass is 448 g/mol. The van der Waals surface area contributed by atoms with Crippen molar-refractivity contribution in [2.45, 2.75) is 52.2 Å². The summed E-state index contributed by atoms with van der Waals surface area (Å²) in [6.45, 7) is 7.09. The first-order chi connectivity index (χ1) is 14.9. The van der Waals surface area contributed by atoms with E-state index in [0.29, 0.717) is 37.5 Å². The predicted molar refractivity (Wildman–Crippen MR) is 119 cm³/mol. The fraction of sp³-hybridized carbons (Fsp3) is 0.571. The number of carbonyl (C=O) groups excluding carboxylic acids is 1. The highest BCUT2D eigenvalue weighted by Crippen LogP contribution is 2.19. The van der Waals surface area contributed by atoms with E-state index in [4.69, 9.17) is 0 Å². The topological polar surface area (TPSA) is 109 Å². The summed E-state index contributed by atoms with van der Waals surface area (Å²) < 4.78 is 30.0. The highest BCUT2D eigenvalue weighted by Gasteiger charge is 2.26. The predicted octanol–water partition coefficient (Wildman–Crippen LogP) is 1.23. The van der Waals surface area contributed by atoms with Gasteiger partial charge in [-0.05, 0) is 44.5 Å². The van der Waals surface area contributed by atoms with E-state index in [1.54, 1.807) is 4.68 Å². The van der Waals surface area contributed by atoms with Crippen LogP contribution in [0.25, 0.3) is 0 Å². The lowest BCUT2D eigenvalue weighted by molar-refractivity contribution is -0.122. The van der Waals surface area contributed by atoms with Gasteiger partial charge in [0.2, 0.25) is 15.9 Å². The molecule has 2 heterocycles. The zero-order valence-corrected chi connectivity index (χ0v) is 19.1. The average molecular weight is 449 g/mol. The summed E-state index contributed by atoms with van der Waals surface area (Å²) in [5.74, 6) is 0.982. The molecule has 10 heteroatoms. The van der Waals surface area contributed by atoms with E-state index >= 15 is 0 Å². The Balaban J connectivity index is 1.71. The van der Waals surface area contributed by atoms with Gasteiger partial charge in [-0.15, -0.1) is 0 Å². The van der Waals surface area contributed by atoms with Crippen LogP contribution in [-0.2, 0) is 34.3 Å². The van der Waals surface area contributed by atoms with E-state index in [9.17, 15) is 13.2 Å². The third-order valence-corrected chi connectivity index (χ3v) is 6.95. The largest absolute Gasteiger partial charge is 0.347 e. The fourth-order valence-electron chi connectivity index (χ4n) is 3.66. The van der Waals surface area contributed by atoms with E-state index in [0.717, 1.165) is 25.2 Å². The number of nitrogens with zero attached hydrogens (tertiary/aromatic N) is 4. The number of fused-ring (bicyclic) bond motifs is 1. The molecule has 1 amide bonds. The van der Waals surface area contributed by atoms with Gasteiger partial charge in [-0.3, -0.25) is 4.79 Å². The number of benzene rings is 1. The van der Waals surface area contributed by atoms with Gasteiger partial charge in [0.25, 0.3) is 0 Å². The van der Waals surface area contributed by atoms with Crippen LogP contribution in [-0.4, -0.2) is 59.4 Å². The molecule has 0 unspecified atom stereocenters. The van der Waals surface area contributed by atoms with Gasteiger partial charge in [-0.25, -0.2) is 22.8 Å². The Hall–Kier alpha value is -2.30. The summed E-state index contributed by atoms with van der Waals surface area (Å²) in [7, 11) is -3.51. The number of rotatable bonds is 12. The second-order valence-corrected chi connectivity index (χ2v) is 9.59. The van der Waals surface area contributed by atoms with Crippen LogP contribution in [0.5, 0.6) is 0 Å². The second kappa shape index (κ2) is 10.8. The van der Waals surface area contributed by atoms with Crippen LogP contribution in [0.15, 0.2) is 30.3 Å². The van der Waals surface area contributed by atoms with E-state index in [1.807, 2.05) is 30.3 Å². The summed E-state index contributed by atoms with van der Waals surface area (Å²) in [6.07, 6.45) is 1.78. The maximum absolute atomic E-state index is 12.8. The summed E-state index contributed by atoms with van der Waals surface area (Å²) in [4.78, 5) is 18.4. The number of sulfonamides is 1. The highest BCUT2D eigenvalue weighted by atomic mass is 32.2. The maximum Gasteiger partial charge on any atom is 0.242 e. The average Bonchev–Trinajstić information content (AvgIpc) is 3.18. The third-order valence-electron chi connectivity index (χ3n) is 5.48. The summed E-state index contributed by atoms with van der Waals surface area (Å²) in [5.41, 5.74) is 1.12. The molecule has 3 rings (SSSR count). The number of hydrogen-bond donors (Lipinski definition) is 2. The molecule has 0 bridgehead atoms. The normalized spacial score (nSPS) is 15.0. The Morgan fingerprint density at radius 1 is 1.23 bits per heavy atom. The molecule has 31 heavy (non-hydrogen) atoms. The number of hydrogen-bond acceptors (Lipinski definition) is 6. The Morgan fingerprint density at radius 2 is 1.97 bits per heavy atom. The molecule has 1 aromatic carbocycles. The van der Waals surface area contributed by atoms with E-state index in [1.165, 1.54) is 0 Å². The third kappa shape index (κ3) is 6.84. The summed E-state index contributed by atoms with van der Waals surface area (Å²) >= 11 is 0. The van der Waals surface area contributed by atoms with Crippen LogP contribution in [0.2, 0.25) is 0 Å². The lowest BCUT2D eigenvalue weighted by Gasteiger charge is -2.19. The van der Waals surface area contributed by atoms with Crippen LogP contribution in [0.4, 0.5) is 0 Å². The van der Waals surface area contributed by atoms with Gasteiger partial charge in [0, 0.05) is 0 Å². The molecule has 0 radical (unpaired) electrons. The second-order valence-electron chi connectivity index (χ2n) is 7.71. The Morgan fingerprint density at radius 3 is 2.68 bits per heavy atom. The van der Waals surface area contributed by atoms with Crippen molar-refractivity contribution in [2.75, 3.05) is 25.4 Å². The molecule has 2 N–H and O–H groups in total. The minimum Gasteiger partial charge on any atom is -0.347 e. The van der Waals surface area contributed by atoms with Crippen LogP contribution in [0, 0.1) is 0 Å². The van der Waals surface area contributed by atoms with Gasteiger partial charge < -0.3 is 10.2 Å². The molecular weight excluding hydrogens is 416 g/mol. The van der Waals surface area contributed by atoms with E-state index in [2.05, 4.69) is 38.9 Å². The summed E-state index contributed by atoms with van der Waals surface area (Å²) in [5, 5.41) is 7.18. The van der Waals surface area contributed by atoms with Crippen LogP contribution in [0.1, 0.15) is 49.9 Å². The first-order valence-corrected chi connectivity index (χ1v) is 12.5. The number of nitrogens with one attached hydrogen (secondary N) is 2. The maximum atomic E-state index is 12.8. The van der Waals surface area contributed by atoms with Crippen molar-refractivity contribution in [3.63, 3.8) is 0 Å². The minimum atomic E-state index is -3.51. The lowest BCUT2D eigenvalue weighted by atomic mass is 10.1. The quantitative estimate of drug-likeness (QED) is 0.506. The molecule has 0 saturated carbocycles. The van der Waals surface area contributed by atoms with Gasteiger partial charge in [-0.2, -0.15) is 5.10 Å². The van der Waals surface area contributed by atoms with Gasteiger partial charge in [-0.1, -0.05) is 44.2 Å². The Labute approximate surface area is 184 Å². The number of carbonyl (C=O) groups is 1. The molecule has 2 aromatic rings. The van der Waals surface area contributed by atoms with Gasteiger partial charge in [0.15, 0.2) is 5.82 Å². The van der Waals surface area contributed by atoms with Gasteiger partial charge >= 0.3 is 0 Å². The van der Waals surface area contributed by atoms with E-state index < -0.39 is 16.1 Å². The van der Waals surface area contributed by atoms with Crippen LogP contribution < -0.4 is 10.0 Å². The zero-order valence-electron chi connectivity index (χ0n) is 18.2. The number of aromatic nitrogens is 3. The standard InChI is InChI=1S/C21H32N6O3S/c1-3-26(4-2)13-8-14-31(29,30)25-18(12-11-17-9-6-5-7-10-17)21-23-19-15-22-20(28)16-27(19)24-21/h5-7,9-10,18,25H,3-4,8,11-16H2,1-2H3,(H,22,28)/t18-/m1/s1. The lowest BCUT2D eigenvalue weighted by Crippen LogP contribution is -2.34. The molecule has 0 spiro atoms. The molecule has 0 fully saturated rings. The molecule has 0 aliphatic carbocycles. The molecule has 1 aliphatic rings. The molecular formula is C21H32N6O3S. The molecule has 9 nitrogen and oxygen atoms in total. The van der Waals surface area contributed by atoms with Gasteiger partial charge in [0.05, 0.1) is 18.3 Å². The van der Waals surface area contributed by atoms with Crippen molar-refractivity contribution in [1.29, 1.82) is 0 Å². The van der Waals surface area contributed by atoms with Gasteiger partial charge in [0.1, 0.15) is 12.4 Å². The number of aryl methyl sites for hydroxylation is 1. The van der Waals surface area contributed by atoms with Crippen molar-refractivity contribution in [1.82, 2.24) is 29.7 Å². The van der Waals surface area contributed by atoms with Crippen molar-refractivity contribution < 1.29 is 13.2 Å². The smallest absolute Gasteiger partial charge is 0.242 e. The molecule has 1 atom stereocenters. The summed E-state index contributed by atoms with van der Waals surface area (Å²) in [6, 6.07) is 9.37. The van der Waals surface area contributed by atoms with Crippen molar-refractivity contribution >= 4 is 15.9 Å². The van der Waals surface area contributed by atoms with Crippen LogP contribution >= 0.6 is 0 Å². The Kier molecular flexibility index (Phi) is 8.16. The molecule has 1 aromatic heterocycles. The first kappa shape index (κ1) is 23.4. The minimum absolute atomic E-state index is 0.0545. The zero-order chi connectivity index (χ0) is 22.3. The Bertz CT molecular complexity index is 957. The molecule has 0 saturated heterocycles. The molecule has 1 aliphatic heterocycles. The fourth-order valence-corrected chi connectivity index (χ4v) is 4.94. The SMILES string of the molecule is CCN(CC)CCCS(=O)(=O)N[C@H](CCc1ccccc1)c1nc2n(n1)CC(=O)NC2. The van der Waals surface area contributed by atoms with Crippen molar-refractivity contribution in [2.24, 2.45) is 0 Å². The van der Waals surface area contributed by atoms with Crippen molar-refractivity contribution in [3.8, 4) is 0 Å². The molecule has 170 valence electrons. The number of amides is 1. The van der Waals surface area contributed by atoms with Crippen molar-refractivity contribution in [3.05, 3.63) is 47.5 Å². The van der Waals surface area contributed by atoms with Crippen LogP contribution in [0.3, 0.4) is 0 Å². The first-order valence-electron chi connectivity index (χ1n) is 10.9. The van der Waals surface area contributed by atoms with E-state index in [-0.39, 0.29) is 18.2 Å².